The second-order valence-electron chi connectivity index (χ2n) is 10.1. The molecule has 2 amide bonds. The number of hydrogen-bond donors (Lipinski definition) is 1. The predicted octanol–water partition coefficient (Wildman–Crippen LogP) is 5.42. The van der Waals surface area contributed by atoms with Crippen molar-refractivity contribution >= 4 is 43.5 Å². The summed E-state index contributed by atoms with van der Waals surface area (Å²) in [6.45, 7) is 4.30. The molecule has 1 aliphatic rings. The lowest BCUT2D eigenvalue weighted by Gasteiger charge is -2.31. The molecule has 1 N–H and O–H groups in total. The quantitative estimate of drug-likeness (QED) is 0.350. The van der Waals surface area contributed by atoms with E-state index in [1.807, 2.05) is 43.3 Å². The van der Waals surface area contributed by atoms with E-state index in [0.717, 1.165) is 47.7 Å². The number of hydrogen-bond acceptors (Lipinski definition) is 4. The van der Waals surface area contributed by atoms with Crippen LogP contribution in [0, 0.1) is 0 Å². The van der Waals surface area contributed by atoms with Gasteiger partial charge >= 0.3 is 0 Å². The first-order valence-electron chi connectivity index (χ1n) is 13.5. The minimum absolute atomic E-state index is 0.133. The molecule has 1 aliphatic carbocycles. The van der Waals surface area contributed by atoms with Crippen LogP contribution in [0.1, 0.15) is 69.9 Å². The van der Waals surface area contributed by atoms with Crippen LogP contribution in [0.15, 0.2) is 53.0 Å². The lowest BCUT2D eigenvalue weighted by molar-refractivity contribution is -0.141. The number of sulfonamides is 1. The fraction of sp³-hybridized carbons (Fsp3) is 0.517. The molecule has 0 spiro atoms. The summed E-state index contributed by atoms with van der Waals surface area (Å²) in [5.74, 6) is -0.319. The Kier molecular flexibility index (Phi) is 11.2. The highest BCUT2D eigenvalue weighted by atomic mass is 79.9. The molecular formula is C29H40BrN3O4S. The summed E-state index contributed by atoms with van der Waals surface area (Å²) in [6.07, 6.45) is 7.88. The Bertz CT molecular complexity index is 1180. The van der Waals surface area contributed by atoms with E-state index in [4.69, 9.17) is 0 Å². The summed E-state index contributed by atoms with van der Waals surface area (Å²) in [7, 11) is -3.52. The maximum atomic E-state index is 13.5. The number of carbonyl (C=O) groups excluding carboxylic acids is 2. The van der Waals surface area contributed by atoms with Crippen LogP contribution < -0.4 is 9.62 Å². The first kappa shape index (κ1) is 30.2. The molecule has 208 valence electrons. The highest BCUT2D eigenvalue weighted by molar-refractivity contribution is 9.10. The van der Waals surface area contributed by atoms with Crippen LogP contribution in [-0.2, 0) is 32.6 Å². The third-order valence-corrected chi connectivity index (χ3v) is 8.83. The van der Waals surface area contributed by atoms with Gasteiger partial charge in [0.15, 0.2) is 0 Å². The van der Waals surface area contributed by atoms with Crippen LogP contribution in [0.3, 0.4) is 0 Å². The molecule has 2 aromatic rings. The molecule has 38 heavy (non-hydrogen) atoms. The first-order valence-corrected chi connectivity index (χ1v) is 16.1. The smallest absolute Gasteiger partial charge is 0.242 e. The lowest BCUT2D eigenvalue weighted by Crippen LogP contribution is -2.50. The van der Waals surface area contributed by atoms with Crippen LogP contribution in [-0.4, -0.2) is 50.0 Å². The minimum Gasteiger partial charge on any atom is -0.352 e. The Labute approximate surface area is 236 Å². The molecule has 1 atom stereocenters. The second-order valence-corrected chi connectivity index (χ2v) is 13.0. The Hall–Kier alpha value is -2.39. The molecule has 0 saturated heterocycles. The number of halogens is 1. The van der Waals surface area contributed by atoms with Crippen molar-refractivity contribution in [1.82, 2.24) is 10.2 Å². The average Bonchev–Trinajstić information content (AvgIpc) is 2.89. The van der Waals surface area contributed by atoms with Crippen LogP contribution in [0.5, 0.6) is 0 Å². The largest absolute Gasteiger partial charge is 0.352 e. The monoisotopic (exact) mass is 605 g/mol. The van der Waals surface area contributed by atoms with Crippen molar-refractivity contribution in [1.29, 1.82) is 0 Å². The summed E-state index contributed by atoms with van der Waals surface area (Å²) in [5.41, 5.74) is 2.63. The van der Waals surface area contributed by atoms with E-state index in [1.165, 1.54) is 17.0 Å². The van der Waals surface area contributed by atoms with Gasteiger partial charge in [-0.2, -0.15) is 0 Å². The van der Waals surface area contributed by atoms with Gasteiger partial charge in [-0.3, -0.25) is 13.9 Å². The van der Waals surface area contributed by atoms with E-state index >= 15 is 0 Å². The van der Waals surface area contributed by atoms with E-state index in [1.54, 1.807) is 24.0 Å². The molecule has 7 nitrogen and oxygen atoms in total. The third-order valence-electron chi connectivity index (χ3n) is 7.15. The van der Waals surface area contributed by atoms with Crippen LogP contribution in [0.4, 0.5) is 5.69 Å². The minimum atomic E-state index is -3.52. The zero-order chi connectivity index (χ0) is 27.7. The van der Waals surface area contributed by atoms with Gasteiger partial charge in [0.2, 0.25) is 21.8 Å². The van der Waals surface area contributed by atoms with Gasteiger partial charge in [0.25, 0.3) is 0 Å². The van der Waals surface area contributed by atoms with Gasteiger partial charge in [-0.1, -0.05) is 66.4 Å². The lowest BCUT2D eigenvalue weighted by atomic mass is 9.95. The molecule has 9 heteroatoms. The molecule has 1 saturated carbocycles. The Balaban J connectivity index is 1.71. The van der Waals surface area contributed by atoms with Crippen molar-refractivity contribution in [2.75, 3.05) is 17.1 Å². The average molecular weight is 607 g/mol. The molecule has 0 heterocycles. The third kappa shape index (κ3) is 8.83. The number of nitrogens with zero attached hydrogens (tertiary/aromatic N) is 2. The molecule has 3 rings (SSSR count). The van der Waals surface area contributed by atoms with Crippen LogP contribution >= 0.6 is 15.9 Å². The van der Waals surface area contributed by atoms with Gasteiger partial charge in [0.1, 0.15) is 6.04 Å². The number of amides is 2. The van der Waals surface area contributed by atoms with E-state index in [9.17, 15) is 18.0 Å². The number of carbonyl (C=O) groups is 2. The number of benzene rings is 2. The molecule has 0 unspecified atom stereocenters. The molecule has 2 aromatic carbocycles. The first-order chi connectivity index (χ1) is 18.1. The van der Waals surface area contributed by atoms with Crippen molar-refractivity contribution in [3.8, 4) is 0 Å². The number of rotatable bonds is 12. The molecule has 0 radical (unpaired) electrons. The van der Waals surface area contributed by atoms with Crippen molar-refractivity contribution < 1.29 is 18.0 Å². The predicted molar refractivity (Wildman–Crippen MR) is 156 cm³/mol. The van der Waals surface area contributed by atoms with E-state index in [0.29, 0.717) is 18.7 Å². The van der Waals surface area contributed by atoms with Crippen molar-refractivity contribution in [3.05, 3.63) is 64.1 Å². The number of nitrogens with one attached hydrogen (secondary N) is 1. The maximum absolute atomic E-state index is 13.5. The van der Waals surface area contributed by atoms with Gasteiger partial charge in [-0.25, -0.2) is 8.42 Å². The highest BCUT2D eigenvalue weighted by Crippen LogP contribution is 2.22. The fourth-order valence-electron chi connectivity index (χ4n) is 4.89. The van der Waals surface area contributed by atoms with Crippen molar-refractivity contribution in [3.63, 3.8) is 0 Å². The van der Waals surface area contributed by atoms with Crippen molar-refractivity contribution in [2.24, 2.45) is 0 Å². The van der Waals surface area contributed by atoms with Gasteiger partial charge in [0.05, 0.1) is 11.9 Å². The molecule has 0 aromatic heterocycles. The Morgan fingerprint density at radius 2 is 1.74 bits per heavy atom. The second kappa shape index (κ2) is 14.1. The van der Waals surface area contributed by atoms with Gasteiger partial charge < -0.3 is 10.2 Å². The zero-order valence-corrected chi connectivity index (χ0v) is 25.1. The summed E-state index contributed by atoms with van der Waals surface area (Å²) in [6, 6.07) is 14.7. The van der Waals surface area contributed by atoms with Gasteiger partial charge in [0, 0.05) is 30.0 Å². The van der Waals surface area contributed by atoms with E-state index in [-0.39, 0.29) is 30.8 Å². The number of anilines is 1. The maximum Gasteiger partial charge on any atom is 0.242 e. The zero-order valence-electron chi connectivity index (χ0n) is 22.7. The summed E-state index contributed by atoms with van der Waals surface area (Å²) >= 11 is 3.48. The summed E-state index contributed by atoms with van der Waals surface area (Å²) < 4.78 is 27.3. The SMILES string of the molecule is CCc1ccc(N(CCCC(=O)N(Cc2cccc(Br)c2)[C@H](C)C(=O)NC2CCCCC2)S(C)(=O)=O)cc1. The van der Waals surface area contributed by atoms with Gasteiger partial charge in [-0.05, 0) is 68.0 Å². The van der Waals surface area contributed by atoms with Crippen molar-refractivity contribution in [2.45, 2.75) is 83.8 Å². The Morgan fingerprint density at radius 3 is 2.34 bits per heavy atom. The Morgan fingerprint density at radius 1 is 1.05 bits per heavy atom. The molecule has 1 fully saturated rings. The fourth-order valence-corrected chi connectivity index (χ4v) is 6.30. The highest BCUT2D eigenvalue weighted by Gasteiger charge is 2.28. The van der Waals surface area contributed by atoms with E-state index in [2.05, 4.69) is 21.2 Å². The molecule has 0 aliphatic heterocycles. The van der Waals surface area contributed by atoms with E-state index < -0.39 is 16.1 Å². The van der Waals surface area contributed by atoms with Crippen LogP contribution in [0.2, 0.25) is 0 Å². The molecule has 0 bridgehead atoms. The normalized spacial score (nSPS) is 15.1. The summed E-state index contributed by atoms with van der Waals surface area (Å²) in [4.78, 5) is 28.3. The summed E-state index contributed by atoms with van der Waals surface area (Å²) in [5, 5.41) is 3.15. The number of aryl methyl sites for hydroxylation is 1. The van der Waals surface area contributed by atoms with Crippen LogP contribution in [0.25, 0.3) is 0 Å². The molecular weight excluding hydrogens is 566 g/mol. The van der Waals surface area contributed by atoms with Gasteiger partial charge in [-0.15, -0.1) is 0 Å². The standard InChI is InChI=1S/C29H40BrN3O4S/c1-4-23-15-17-27(18-16-23)33(38(3,36)37)19-9-14-28(34)32(21-24-10-8-11-25(30)20-24)22(2)29(35)31-26-12-6-5-7-13-26/h8,10-11,15-18,20,22,26H,4-7,9,12-14,19,21H2,1-3H3,(H,31,35)/t22-/m1/s1. The topological polar surface area (TPSA) is 86.8 Å².